The molecule has 11 heteroatoms. The number of aryl methyl sites for hydroxylation is 1. The highest BCUT2D eigenvalue weighted by Gasteiger charge is 2.35. The Balaban J connectivity index is 1.47. The van der Waals surface area contributed by atoms with E-state index in [1.54, 1.807) is 13.1 Å². The van der Waals surface area contributed by atoms with Crippen molar-refractivity contribution in [2.24, 2.45) is 5.92 Å². The normalized spacial score (nSPS) is 14.8. The maximum atomic E-state index is 13.1. The fourth-order valence-electron chi connectivity index (χ4n) is 4.21. The Bertz CT molecular complexity index is 1240. The van der Waals surface area contributed by atoms with Crippen LogP contribution < -0.4 is 0 Å². The summed E-state index contributed by atoms with van der Waals surface area (Å²) in [6.07, 6.45) is 6.88. The number of nitrogens with zero attached hydrogens (tertiary/aromatic N) is 5. The SMILES string of the molecule is CCCCC(CC)COC(=O)CCSc1ncc2c(n1)c(-c1cnc(C(F)(F)F)nc1C)cn2C1CC1. The number of carbonyl (C=O) groups excluding carboxylic acids is 1. The number of alkyl halides is 3. The average molecular weight is 536 g/mol. The van der Waals surface area contributed by atoms with Crippen molar-refractivity contribution >= 4 is 28.8 Å². The fraction of sp³-hybridized carbons (Fsp3) is 0.577. The van der Waals surface area contributed by atoms with Crippen LogP contribution >= 0.6 is 11.8 Å². The number of aromatic nitrogens is 5. The van der Waals surface area contributed by atoms with E-state index in [0.29, 0.717) is 46.1 Å². The molecule has 1 atom stereocenters. The van der Waals surface area contributed by atoms with E-state index in [0.717, 1.165) is 44.0 Å². The van der Waals surface area contributed by atoms with Crippen LogP contribution in [0.25, 0.3) is 22.2 Å². The van der Waals surface area contributed by atoms with Crippen molar-refractivity contribution in [3.05, 3.63) is 30.1 Å². The lowest BCUT2D eigenvalue weighted by Gasteiger charge is -2.14. The zero-order valence-corrected chi connectivity index (χ0v) is 22.2. The topological polar surface area (TPSA) is 82.8 Å². The minimum Gasteiger partial charge on any atom is -0.465 e. The van der Waals surface area contributed by atoms with Gasteiger partial charge in [0.05, 0.1) is 24.7 Å². The van der Waals surface area contributed by atoms with Crippen molar-refractivity contribution in [2.45, 2.75) is 83.1 Å². The lowest BCUT2D eigenvalue weighted by molar-refractivity contribution is -0.145. The van der Waals surface area contributed by atoms with Crippen LogP contribution in [0.1, 0.15) is 76.4 Å². The molecule has 200 valence electrons. The van der Waals surface area contributed by atoms with Crippen LogP contribution in [0.5, 0.6) is 0 Å². The molecule has 1 unspecified atom stereocenters. The molecule has 1 aliphatic carbocycles. The minimum atomic E-state index is -4.61. The molecule has 3 aromatic heterocycles. The minimum absolute atomic E-state index is 0.233. The van der Waals surface area contributed by atoms with Gasteiger partial charge >= 0.3 is 12.1 Å². The van der Waals surface area contributed by atoms with Gasteiger partial charge in [-0.2, -0.15) is 13.2 Å². The van der Waals surface area contributed by atoms with Crippen LogP contribution in [0.4, 0.5) is 13.2 Å². The first kappa shape index (κ1) is 27.3. The molecular weight excluding hydrogens is 503 g/mol. The molecule has 1 fully saturated rings. The lowest BCUT2D eigenvalue weighted by atomic mass is 10.0. The zero-order chi connectivity index (χ0) is 26.6. The smallest absolute Gasteiger partial charge is 0.451 e. The van der Waals surface area contributed by atoms with Gasteiger partial charge in [-0.1, -0.05) is 44.9 Å². The number of thioether (sulfide) groups is 1. The Morgan fingerprint density at radius 1 is 1.19 bits per heavy atom. The molecule has 37 heavy (non-hydrogen) atoms. The summed E-state index contributed by atoms with van der Waals surface area (Å²) in [7, 11) is 0. The number of ether oxygens (including phenoxy) is 1. The largest absolute Gasteiger partial charge is 0.465 e. The van der Waals surface area contributed by atoms with E-state index in [-0.39, 0.29) is 18.1 Å². The summed E-state index contributed by atoms with van der Waals surface area (Å²) in [5.74, 6) is -0.527. The van der Waals surface area contributed by atoms with E-state index in [4.69, 9.17) is 9.72 Å². The Hall–Kier alpha value is -2.69. The molecule has 7 nitrogen and oxygen atoms in total. The Labute approximate surface area is 218 Å². The molecule has 0 saturated heterocycles. The number of unbranched alkanes of at least 4 members (excludes halogenated alkanes) is 1. The molecule has 0 N–H and O–H groups in total. The van der Waals surface area contributed by atoms with Crippen LogP contribution in [0.2, 0.25) is 0 Å². The average Bonchev–Trinajstić information content (AvgIpc) is 3.64. The van der Waals surface area contributed by atoms with Crippen molar-refractivity contribution in [1.29, 1.82) is 0 Å². The van der Waals surface area contributed by atoms with E-state index in [9.17, 15) is 18.0 Å². The van der Waals surface area contributed by atoms with Gasteiger partial charge in [-0.05, 0) is 32.1 Å². The van der Waals surface area contributed by atoms with E-state index in [1.807, 2.05) is 6.20 Å². The maximum absolute atomic E-state index is 13.1. The second kappa shape index (κ2) is 11.8. The molecule has 0 aromatic carbocycles. The van der Waals surface area contributed by atoms with Crippen LogP contribution in [0, 0.1) is 12.8 Å². The molecular formula is C26H32F3N5O2S. The molecule has 4 rings (SSSR count). The Kier molecular flexibility index (Phi) is 8.71. The van der Waals surface area contributed by atoms with Crippen molar-refractivity contribution in [2.75, 3.05) is 12.4 Å². The molecule has 1 aliphatic rings. The van der Waals surface area contributed by atoms with Crippen molar-refractivity contribution in [3.8, 4) is 11.1 Å². The second-order valence-corrected chi connectivity index (χ2v) is 10.5. The number of halogens is 3. The third kappa shape index (κ3) is 6.80. The van der Waals surface area contributed by atoms with Gasteiger partial charge in [0.2, 0.25) is 5.82 Å². The van der Waals surface area contributed by atoms with Crippen LogP contribution in [-0.2, 0) is 15.7 Å². The summed E-state index contributed by atoms with van der Waals surface area (Å²) in [5.41, 5.74) is 2.87. The summed E-state index contributed by atoms with van der Waals surface area (Å²) in [5, 5.41) is 0.495. The van der Waals surface area contributed by atoms with Crippen LogP contribution in [0.3, 0.4) is 0 Å². The van der Waals surface area contributed by atoms with E-state index in [1.165, 1.54) is 18.0 Å². The molecule has 0 radical (unpaired) electrons. The van der Waals surface area contributed by atoms with Crippen molar-refractivity contribution in [1.82, 2.24) is 24.5 Å². The summed E-state index contributed by atoms with van der Waals surface area (Å²) < 4.78 is 46.8. The third-order valence-electron chi connectivity index (χ3n) is 6.57. The summed E-state index contributed by atoms with van der Waals surface area (Å²) in [6, 6.07) is 0.327. The van der Waals surface area contributed by atoms with E-state index >= 15 is 0 Å². The maximum Gasteiger partial charge on any atom is 0.451 e. The molecule has 0 amide bonds. The monoisotopic (exact) mass is 535 g/mol. The highest BCUT2D eigenvalue weighted by atomic mass is 32.2. The third-order valence-corrected chi connectivity index (χ3v) is 7.44. The number of hydrogen-bond acceptors (Lipinski definition) is 7. The van der Waals surface area contributed by atoms with E-state index < -0.39 is 12.0 Å². The Morgan fingerprint density at radius 3 is 2.62 bits per heavy atom. The van der Waals surface area contributed by atoms with Gasteiger partial charge < -0.3 is 9.30 Å². The predicted molar refractivity (Wildman–Crippen MR) is 136 cm³/mol. The number of esters is 1. The molecule has 0 aliphatic heterocycles. The number of hydrogen-bond donors (Lipinski definition) is 0. The quantitative estimate of drug-likeness (QED) is 0.143. The number of rotatable bonds is 12. The first-order chi connectivity index (χ1) is 17.7. The van der Waals surface area contributed by atoms with Crippen LogP contribution in [0.15, 0.2) is 23.7 Å². The number of carbonyl (C=O) groups is 1. The lowest BCUT2D eigenvalue weighted by Crippen LogP contribution is -2.14. The summed E-state index contributed by atoms with van der Waals surface area (Å²) >= 11 is 1.35. The first-order valence-corrected chi connectivity index (χ1v) is 13.8. The predicted octanol–water partition coefficient (Wildman–Crippen LogP) is 6.79. The van der Waals surface area contributed by atoms with Gasteiger partial charge in [0.25, 0.3) is 0 Å². The van der Waals surface area contributed by atoms with E-state index in [2.05, 4.69) is 33.4 Å². The summed E-state index contributed by atoms with van der Waals surface area (Å²) in [6.45, 7) is 6.26. The van der Waals surface area contributed by atoms with Crippen molar-refractivity contribution < 1.29 is 22.7 Å². The van der Waals surface area contributed by atoms with Gasteiger partial charge in [0.15, 0.2) is 5.16 Å². The van der Waals surface area contributed by atoms with Gasteiger partial charge in [0, 0.05) is 41.0 Å². The van der Waals surface area contributed by atoms with Crippen molar-refractivity contribution in [3.63, 3.8) is 0 Å². The molecule has 0 spiro atoms. The highest BCUT2D eigenvalue weighted by Crippen LogP contribution is 2.41. The van der Waals surface area contributed by atoms with Gasteiger partial charge in [0.1, 0.15) is 5.52 Å². The first-order valence-electron chi connectivity index (χ1n) is 12.8. The Morgan fingerprint density at radius 2 is 1.97 bits per heavy atom. The molecule has 3 aromatic rings. The molecule has 0 bridgehead atoms. The molecule has 3 heterocycles. The standard InChI is InChI=1S/C26H32F3N5O2S/c1-4-6-7-17(5-2)15-36-22(35)10-11-37-25-31-13-21-23(33-25)20(14-34(21)18-8-9-18)19-12-30-24(26(27,28)29)32-16(19)3/h12-14,17-18H,4-11,15H2,1-3H3. The fourth-order valence-corrected chi connectivity index (χ4v) is 4.95. The zero-order valence-electron chi connectivity index (χ0n) is 21.3. The molecule has 1 saturated carbocycles. The van der Waals surface area contributed by atoms with Gasteiger partial charge in [-0.3, -0.25) is 4.79 Å². The van der Waals surface area contributed by atoms with Gasteiger partial charge in [-0.15, -0.1) is 0 Å². The van der Waals surface area contributed by atoms with Crippen LogP contribution in [-0.4, -0.2) is 42.8 Å². The number of fused-ring (bicyclic) bond motifs is 1. The second-order valence-electron chi connectivity index (χ2n) is 9.46. The highest BCUT2D eigenvalue weighted by molar-refractivity contribution is 7.99. The summed E-state index contributed by atoms with van der Waals surface area (Å²) in [4.78, 5) is 28.7. The van der Waals surface area contributed by atoms with Gasteiger partial charge in [-0.25, -0.2) is 19.9 Å².